The van der Waals surface area contributed by atoms with Crippen LogP contribution in [0, 0.1) is 12.8 Å². The van der Waals surface area contributed by atoms with Crippen LogP contribution >= 0.6 is 15.9 Å². The third kappa shape index (κ3) is 2.90. The van der Waals surface area contributed by atoms with Crippen molar-refractivity contribution in [3.63, 3.8) is 0 Å². The first-order chi connectivity index (χ1) is 9.33. The lowest BCUT2D eigenvalue weighted by Gasteiger charge is -2.39. The molecule has 0 bridgehead atoms. The van der Waals surface area contributed by atoms with Gasteiger partial charge in [-0.05, 0) is 48.7 Å². The van der Waals surface area contributed by atoms with Crippen LogP contribution in [0.2, 0.25) is 0 Å². The molecule has 110 valence electrons. The van der Waals surface area contributed by atoms with Crippen LogP contribution in [0.4, 0.5) is 0 Å². The Bertz CT molecular complexity index is 539. The zero-order valence-electron chi connectivity index (χ0n) is 11.5. The smallest absolute Gasteiger partial charge is 0.308 e. The summed E-state index contributed by atoms with van der Waals surface area (Å²) in [6.45, 7) is 3.58. The number of carboxylic acids is 1. The SMILES string of the molecule is Cc1cc(Br)oc1C(=O)NC1(C)CCCCC1C(=O)O. The maximum Gasteiger partial charge on any atom is 0.308 e. The molecule has 2 N–H and O–H groups in total. The van der Waals surface area contributed by atoms with Crippen molar-refractivity contribution in [1.29, 1.82) is 0 Å². The molecule has 1 fully saturated rings. The molecular formula is C14H18BrNO4. The van der Waals surface area contributed by atoms with Crippen molar-refractivity contribution in [3.8, 4) is 0 Å². The number of furan rings is 1. The lowest BCUT2D eigenvalue weighted by molar-refractivity contribution is -0.145. The summed E-state index contributed by atoms with van der Waals surface area (Å²) in [5.41, 5.74) is -0.00646. The number of carbonyl (C=O) groups excluding carboxylic acids is 1. The molecule has 1 amide bonds. The summed E-state index contributed by atoms with van der Waals surface area (Å²) in [7, 11) is 0. The van der Waals surface area contributed by atoms with Gasteiger partial charge in [0.2, 0.25) is 0 Å². The van der Waals surface area contributed by atoms with E-state index in [0.29, 0.717) is 17.5 Å². The number of hydrogen-bond acceptors (Lipinski definition) is 3. The fourth-order valence-electron chi connectivity index (χ4n) is 2.86. The topological polar surface area (TPSA) is 79.5 Å². The fourth-order valence-corrected chi connectivity index (χ4v) is 3.37. The van der Waals surface area contributed by atoms with E-state index in [1.165, 1.54) is 0 Å². The molecule has 1 aliphatic rings. The van der Waals surface area contributed by atoms with E-state index in [4.69, 9.17) is 4.42 Å². The maximum absolute atomic E-state index is 12.3. The minimum atomic E-state index is -0.857. The van der Waals surface area contributed by atoms with Crippen LogP contribution in [0.25, 0.3) is 0 Å². The second-order valence-corrected chi connectivity index (χ2v) is 6.35. The first kappa shape index (κ1) is 15.1. The number of carbonyl (C=O) groups is 2. The normalized spacial score (nSPS) is 26.2. The van der Waals surface area contributed by atoms with Gasteiger partial charge in [0.1, 0.15) is 0 Å². The van der Waals surface area contributed by atoms with E-state index in [0.717, 1.165) is 18.4 Å². The molecule has 0 aromatic carbocycles. The molecule has 0 spiro atoms. The van der Waals surface area contributed by atoms with E-state index in [1.807, 2.05) is 0 Å². The Kier molecular flexibility index (Phi) is 4.22. The molecule has 0 radical (unpaired) electrons. The Hall–Kier alpha value is -1.30. The summed E-state index contributed by atoms with van der Waals surface area (Å²) >= 11 is 3.18. The third-order valence-corrected chi connectivity index (χ3v) is 4.39. The first-order valence-corrected chi connectivity index (χ1v) is 7.44. The lowest BCUT2D eigenvalue weighted by atomic mass is 9.74. The Morgan fingerprint density at radius 1 is 1.50 bits per heavy atom. The van der Waals surface area contributed by atoms with Crippen LogP contribution < -0.4 is 5.32 Å². The highest BCUT2D eigenvalue weighted by atomic mass is 79.9. The average Bonchev–Trinajstić information content (AvgIpc) is 2.68. The quantitative estimate of drug-likeness (QED) is 0.883. The van der Waals surface area contributed by atoms with Gasteiger partial charge in [-0.1, -0.05) is 12.8 Å². The zero-order valence-corrected chi connectivity index (χ0v) is 13.1. The van der Waals surface area contributed by atoms with Crippen molar-refractivity contribution in [2.45, 2.75) is 45.1 Å². The van der Waals surface area contributed by atoms with E-state index in [1.54, 1.807) is 19.9 Å². The summed E-state index contributed by atoms with van der Waals surface area (Å²) in [5.74, 6) is -1.54. The van der Waals surface area contributed by atoms with Crippen molar-refractivity contribution in [3.05, 3.63) is 22.1 Å². The zero-order chi connectivity index (χ0) is 14.9. The van der Waals surface area contributed by atoms with Gasteiger partial charge < -0.3 is 14.8 Å². The van der Waals surface area contributed by atoms with E-state index < -0.39 is 17.4 Å². The predicted molar refractivity (Wildman–Crippen MR) is 76.6 cm³/mol. The molecule has 1 aromatic rings. The number of amides is 1. The summed E-state index contributed by atoms with van der Waals surface area (Å²) in [5, 5.41) is 12.2. The molecule has 2 rings (SSSR count). The van der Waals surface area contributed by atoms with Crippen molar-refractivity contribution in [2.24, 2.45) is 5.92 Å². The molecule has 0 aliphatic heterocycles. The van der Waals surface area contributed by atoms with Crippen molar-refractivity contribution >= 4 is 27.8 Å². The van der Waals surface area contributed by atoms with Gasteiger partial charge in [0, 0.05) is 5.56 Å². The van der Waals surface area contributed by atoms with Crippen LogP contribution in [0.15, 0.2) is 15.2 Å². The Labute approximate surface area is 125 Å². The van der Waals surface area contributed by atoms with Crippen molar-refractivity contribution < 1.29 is 19.1 Å². The molecule has 2 unspecified atom stereocenters. The second kappa shape index (κ2) is 5.60. The lowest BCUT2D eigenvalue weighted by Crippen LogP contribution is -2.55. The molecule has 20 heavy (non-hydrogen) atoms. The van der Waals surface area contributed by atoms with Gasteiger partial charge in [-0.15, -0.1) is 0 Å². The molecule has 0 saturated heterocycles. The van der Waals surface area contributed by atoms with Gasteiger partial charge in [-0.25, -0.2) is 0 Å². The van der Waals surface area contributed by atoms with E-state index >= 15 is 0 Å². The summed E-state index contributed by atoms with van der Waals surface area (Å²) in [6, 6.07) is 1.72. The highest BCUT2D eigenvalue weighted by Gasteiger charge is 2.42. The molecule has 1 heterocycles. The molecule has 1 saturated carbocycles. The summed E-state index contributed by atoms with van der Waals surface area (Å²) in [6.07, 6.45) is 3.05. The van der Waals surface area contributed by atoms with Crippen LogP contribution in [-0.4, -0.2) is 22.5 Å². The molecular weight excluding hydrogens is 326 g/mol. The Morgan fingerprint density at radius 2 is 2.20 bits per heavy atom. The van der Waals surface area contributed by atoms with Crippen LogP contribution in [-0.2, 0) is 4.79 Å². The molecule has 5 nitrogen and oxygen atoms in total. The minimum Gasteiger partial charge on any atom is -0.481 e. The van der Waals surface area contributed by atoms with E-state index in [9.17, 15) is 14.7 Å². The number of carboxylic acid groups (broad SMARTS) is 1. The van der Waals surface area contributed by atoms with Crippen LogP contribution in [0.5, 0.6) is 0 Å². The largest absolute Gasteiger partial charge is 0.481 e. The van der Waals surface area contributed by atoms with Crippen LogP contribution in [0.1, 0.15) is 48.7 Å². The number of aliphatic carboxylic acids is 1. The standard InChI is InChI=1S/C14H18BrNO4/c1-8-7-10(15)20-11(8)12(17)16-14(2)6-4-3-5-9(14)13(18)19/h7,9H,3-6H2,1-2H3,(H,16,17)(H,18,19). The Balaban J connectivity index is 2.20. The monoisotopic (exact) mass is 343 g/mol. The van der Waals surface area contributed by atoms with Gasteiger partial charge in [0.25, 0.3) is 5.91 Å². The highest BCUT2D eigenvalue weighted by Crippen LogP contribution is 2.34. The summed E-state index contributed by atoms with van der Waals surface area (Å²) in [4.78, 5) is 23.7. The molecule has 2 atom stereocenters. The van der Waals surface area contributed by atoms with Gasteiger partial charge >= 0.3 is 5.97 Å². The molecule has 6 heteroatoms. The second-order valence-electron chi connectivity index (χ2n) is 5.57. The number of aryl methyl sites for hydroxylation is 1. The maximum atomic E-state index is 12.3. The van der Waals surface area contributed by atoms with Gasteiger partial charge in [-0.3, -0.25) is 9.59 Å². The first-order valence-electron chi connectivity index (χ1n) is 6.65. The average molecular weight is 344 g/mol. The fraction of sp³-hybridized carbons (Fsp3) is 0.571. The van der Waals surface area contributed by atoms with Crippen molar-refractivity contribution in [2.75, 3.05) is 0 Å². The number of nitrogens with one attached hydrogen (secondary N) is 1. The van der Waals surface area contributed by atoms with Crippen molar-refractivity contribution in [1.82, 2.24) is 5.32 Å². The number of hydrogen-bond donors (Lipinski definition) is 2. The van der Waals surface area contributed by atoms with Gasteiger partial charge in [0.05, 0.1) is 11.5 Å². The number of halogens is 1. The third-order valence-electron chi connectivity index (χ3n) is 4.00. The van der Waals surface area contributed by atoms with E-state index in [2.05, 4.69) is 21.2 Å². The van der Waals surface area contributed by atoms with Gasteiger partial charge in [-0.2, -0.15) is 0 Å². The van der Waals surface area contributed by atoms with E-state index in [-0.39, 0.29) is 11.7 Å². The predicted octanol–water partition coefficient (Wildman–Crippen LogP) is 3.11. The summed E-state index contributed by atoms with van der Waals surface area (Å²) < 4.78 is 5.81. The highest BCUT2D eigenvalue weighted by molar-refractivity contribution is 9.10. The molecule has 1 aliphatic carbocycles. The van der Waals surface area contributed by atoms with Crippen LogP contribution in [0.3, 0.4) is 0 Å². The van der Waals surface area contributed by atoms with Gasteiger partial charge in [0.15, 0.2) is 10.4 Å². The minimum absolute atomic E-state index is 0.229. The number of rotatable bonds is 3. The Morgan fingerprint density at radius 3 is 2.75 bits per heavy atom. The molecule has 1 aromatic heterocycles.